The van der Waals surface area contributed by atoms with Crippen molar-refractivity contribution in [3.05, 3.63) is 35.9 Å². The molecule has 16 heavy (non-hydrogen) atoms. The largest absolute Gasteiger partial charge is 0.375 e. The molecule has 3 heteroatoms. The summed E-state index contributed by atoms with van der Waals surface area (Å²) in [7, 11) is 1.66. The van der Waals surface area contributed by atoms with Crippen molar-refractivity contribution in [1.82, 2.24) is 5.32 Å². The van der Waals surface area contributed by atoms with Gasteiger partial charge in [0.2, 0.25) is 5.91 Å². The molecule has 0 aliphatic carbocycles. The van der Waals surface area contributed by atoms with Crippen molar-refractivity contribution in [3.8, 4) is 0 Å². The first-order chi connectivity index (χ1) is 7.77. The van der Waals surface area contributed by atoms with E-state index in [1.54, 1.807) is 7.11 Å². The Labute approximate surface area is 96.8 Å². The molecule has 1 rings (SSSR count). The van der Waals surface area contributed by atoms with E-state index in [4.69, 9.17) is 4.74 Å². The number of nitrogens with one attached hydrogen (secondary N) is 1. The second kappa shape index (κ2) is 7.01. The lowest BCUT2D eigenvalue weighted by Crippen LogP contribution is -2.28. The Bertz CT molecular complexity index is 311. The zero-order valence-corrected chi connectivity index (χ0v) is 9.90. The summed E-state index contributed by atoms with van der Waals surface area (Å²) >= 11 is 0. The van der Waals surface area contributed by atoms with Crippen LogP contribution in [0.15, 0.2) is 30.3 Å². The summed E-state index contributed by atoms with van der Waals surface area (Å²) in [6.07, 6.45) is 1.38. The van der Waals surface area contributed by atoms with Crippen LogP contribution in [0, 0.1) is 0 Å². The average molecular weight is 221 g/mol. The maximum absolute atomic E-state index is 11.3. The molecule has 1 amide bonds. The van der Waals surface area contributed by atoms with Crippen molar-refractivity contribution in [2.75, 3.05) is 13.7 Å². The van der Waals surface area contributed by atoms with E-state index < -0.39 is 0 Å². The summed E-state index contributed by atoms with van der Waals surface area (Å²) in [6.45, 7) is 2.52. The van der Waals surface area contributed by atoms with Crippen LogP contribution in [-0.2, 0) is 9.53 Å². The molecule has 1 N–H and O–H groups in total. The lowest BCUT2D eigenvalue weighted by Gasteiger charge is -2.16. The highest BCUT2D eigenvalue weighted by Crippen LogP contribution is 2.14. The Morgan fingerprint density at radius 3 is 2.62 bits per heavy atom. The minimum Gasteiger partial charge on any atom is -0.375 e. The number of hydrogen-bond donors (Lipinski definition) is 1. The smallest absolute Gasteiger partial charge is 0.220 e. The monoisotopic (exact) mass is 221 g/mol. The van der Waals surface area contributed by atoms with Crippen molar-refractivity contribution in [3.63, 3.8) is 0 Å². The number of methoxy groups -OCH3 is 1. The molecule has 0 saturated heterocycles. The third-order valence-electron chi connectivity index (χ3n) is 2.42. The topological polar surface area (TPSA) is 38.3 Å². The summed E-state index contributed by atoms with van der Waals surface area (Å²) < 4.78 is 5.35. The molecule has 1 aromatic rings. The molecule has 3 nitrogen and oxygen atoms in total. The van der Waals surface area contributed by atoms with E-state index in [9.17, 15) is 4.79 Å². The maximum Gasteiger partial charge on any atom is 0.220 e. The van der Waals surface area contributed by atoms with Gasteiger partial charge >= 0.3 is 0 Å². The van der Waals surface area contributed by atoms with Gasteiger partial charge in [0, 0.05) is 20.1 Å². The second-order valence-electron chi connectivity index (χ2n) is 3.69. The van der Waals surface area contributed by atoms with Crippen molar-refractivity contribution in [2.24, 2.45) is 0 Å². The van der Waals surface area contributed by atoms with Crippen LogP contribution in [0.2, 0.25) is 0 Å². The Balaban J connectivity index is 2.47. The summed E-state index contributed by atoms with van der Waals surface area (Å²) in [5, 5.41) is 2.87. The fourth-order valence-electron chi connectivity index (χ4n) is 1.53. The van der Waals surface area contributed by atoms with Crippen molar-refractivity contribution in [2.45, 2.75) is 25.9 Å². The van der Waals surface area contributed by atoms with Gasteiger partial charge in [-0.25, -0.2) is 0 Å². The molecule has 88 valence electrons. The third-order valence-corrected chi connectivity index (χ3v) is 2.42. The van der Waals surface area contributed by atoms with Gasteiger partial charge in [-0.05, 0) is 12.0 Å². The zero-order chi connectivity index (χ0) is 11.8. The maximum atomic E-state index is 11.3. The first-order valence-electron chi connectivity index (χ1n) is 5.62. The van der Waals surface area contributed by atoms with Gasteiger partial charge in [0.1, 0.15) is 0 Å². The van der Waals surface area contributed by atoms with Crippen LogP contribution < -0.4 is 5.32 Å². The van der Waals surface area contributed by atoms with Crippen molar-refractivity contribution in [1.29, 1.82) is 0 Å². The average Bonchev–Trinajstić information content (AvgIpc) is 2.31. The molecule has 0 fully saturated rings. The van der Waals surface area contributed by atoms with Gasteiger partial charge in [0.15, 0.2) is 0 Å². The Morgan fingerprint density at radius 2 is 2.06 bits per heavy atom. The van der Waals surface area contributed by atoms with E-state index in [-0.39, 0.29) is 12.0 Å². The highest BCUT2D eigenvalue weighted by atomic mass is 16.5. The first-order valence-corrected chi connectivity index (χ1v) is 5.62. The molecule has 0 spiro atoms. The van der Waals surface area contributed by atoms with Crippen LogP contribution in [0.25, 0.3) is 0 Å². The van der Waals surface area contributed by atoms with E-state index in [0.717, 1.165) is 12.0 Å². The fraction of sp³-hybridized carbons (Fsp3) is 0.462. The van der Waals surface area contributed by atoms with Crippen LogP contribution >= 0.6 is 0 Å². The van der Waals surface area contributed by atoms with Gasteiger partial charge in [-0.15, -0.1) is 0 Å². The summed E-state index contributed by atoms with van der Waals surface area (Å²) in [4.78, 5) is 11.3. The van der Waals surface area contributed by atoms with Gasteiger partial charge in [-0.2, -0.15) is 0 Å². The normalized spacial score (nSPS) is 12.1. The zero-order valence-electron chi connectivity index (χ0n) is 9.90. The SMILES string of the molecule is CCCC(=O)NCC(OC)c1ccccc1. The molecule has 0 aliphatic heterocycles. The third kappa shape index (κ3) is 4.03. The summed E-state index contributed by atoms with van der Waals surface area (Å²) in [6, 6.07) is 9.90. The van der Waals surface area contributed by atoms with Gasteiger partial charge in [0.05, 0.1) is 6.10 Å². The van der Waals surface area contributed by atoms with E-state index >= 15 is 0 Å². The Hall–Kier alpha value is -1.35. The molecule has 1 atom stereocenters. The number of benzene rings is 1. The minimum atomic E-state index is -0.0676. The van der Waals surface area contributed by atoms with Gasteiger partial charge in [-0.3, -0.25) is 4.79 Å². The molecule has 1 aromatic carbocycles. The predicted octanol–water partition coefficient (Wildman–Crippen LogP) is 2.29. The lowest BCUT2D eigenvalue weighted by atomic mass is 10.1. The van der Waals surface area contributed by atoms with Crippen molar-refractivity contribution < 1.29 is 9.53 Å². The molecule has 1 unspecified atom stereocenters. The molecular formula is C13H19NO2. The number of hydrogen-bond acceptors (Lipinski definition) is 2. The van der Waals surface area contributed by atoms with Gasteiger partial charge in [0.25, 0.3) is 0 Å². The quantitative estimate of drug-likeness (QED) is 0.800. The fourth-order valence-corrected chi connectivity index (χ4v) is 1.53. The standard InChI is InChI=1S/C13H19NO2/c1-3-7-13(15)14-10-12(16-2)11-8-5-4-6-9-11/h4-6,8-9,12H,3,7,10H2,1-2H3,(H,14,15). The van der Waals surface area contributed by atoms with Gasteiger partial charge in [-0.1, -0.05) is 37.3 Å². The van der Waals surface area contributed by atoms with Crippen molar-refractivity contribution >= 4 is 5.91 Å². The molecule has 0 heterocycles. The van der Waals surface area contributed by atoms with Crippen LogP contribution in [0.3, 0.4) is 0 Å². The summed E-state index contributed by atoms with van der Waals surface area (Å²) in [5.74, 6) is 0.0838. The number of carbonyl (C=O) groups is 1. The van der Waals surface area contributed by atoms with E-state index in [1.807, 2.05) is 37.3 Å². The first kappa shape index (κ1) is 12.7. The van der Waals surface area contributed by atoms with Crippen LogP contribution in [-0.4, -0.2) is 19.6 Å². The second-order valence-corrected chi connectivity index (χ2v) is 3.69. The number of rotatable bonds is 6. The molecular weight excluding hydrogens is 202 g/mol. The number of ether oxygens (including phenoxy) is 1. The lowest BCUT2D eigenvalue weighted by molar-refractivity contribution is -0.121. The predicted molar refractivity (Wildman–Crippen MR) is 64.1 cm³/mol. The van der Waals surface area contributed by atoms with Crippen LogP contribution in [0.1, 0.15) is 31.4 Å². The van der Waals surface area contributed by atoms with E-state index in [2.05, 4.69) is 5.32 Å². The Kier molecular flexibility index (Phi) is 5.57. The molecule has 0 bridgehead atoms. The van der Waals surface area contributed by atoms with Crippen LogP contribution in [0.4, 0.5) is 0 Å². The van der Waals surface area contributed by atoms with E-state index in [0.29, 0.717) is 13.0 Å². The minimum absolute atomic E-state index is 0.0676. The number of amides is 1. The van der Waals surface area contributed by atoms with Gasteiger partial charge < -0.3 is 10.1 Å². The Morgan fingerprint density at radius 1 is 1.38 bits per heavy atom. The summed E-state index contributed by atoms with van der Waals surface area (Å²) in [5.41, 5.74) is 1.08. The molecule has 0 aromatic heterocycles. The van der Waals surface area contributed by atoms with Crippen LogP contribution in [0.5, 0.6) is 0 Å². The van der Waals surface area contributed by atoms with E-state index in [1.165, 1.54) is 0 Å². The molecule has 0 radical (unpaired) electrons. The highest BCUT2D eigenvalue weighted by Gasteiger charge is 2.10. The molecule has 0 aliphatic rings. The highest BCUT2D eigenvalue weighted by molar-refractivity contribution is 5.75. The molecule has 0 saturated carbocycles. The number of carbonyl (C=O) groups excluding carboxylic acids is 1.